The van der Waals surface area contributed by atoms with Crippen molar-refractivity contribution in [1.29, 1.82) is 0 Å². The van der Waals surface area contributed by atoms with E-state index in [0.29, 0.717) is 34.0 Å². The van der Waals surface area contributed by atoms with Crippen LogP contribution in [0, 0.1) is 0 Å². The molecule has 0 amide bonds. The molecule has 0 saturated carbocycles. The zero-order valence-corrected chi connectivity index (χ0v) is 18.2. The Kier molecular flexibility index (Phi) is 5.38. The first-order valence-corrected chi connectivity index (χ1v) is 11.0. The molecule has 0 radical (unpaired) electrons. The molecule has 11 heteroatoms. The van der Waals surface area contributed by atoms with Crippen molar-refractivity contribution in [2.24, 2.45) is 0 Å². The summed E-state index contributed by atoms with van der Waals surface area (Å²) in [6.07, 6.45) is 0. The maximum atomic E-state index is 12.3. The molecule has 0 saturated heterocycles. The quantitative estimate of drug-likeness (QED) is 0.370. The number of benzene rings is 2. The second-order valence-corrected chi connectivity index (χ2v) is 8.33. The van der Waals surface area contributed by atoms with Gasteiger partial charge in [0.1, 0.15) is 0 Å². The minimum Gasteiger partial charge on any atom is -0.368 e. The average molecular weight is 465 g/mol. The molecule has 0 fully saturated rings. The van der Waals surface area contributed by atoms with Crippen LogP contribution >= 0.6 is 23.4 Å². The molecule has 0 aliphatic rings. The van der Waals surface area contributed by atoms with Crippen molar-refractivity contribution in [3.63, 3.8) is 0 Å². The maximum Gasteiger partial charge on any atom is 0.274 e. The summed E-state index contributed by atoms with van der Waals surface area (Å²) < 4.78 is 3.22. The highest BCUT2D eigenvalue weighted by molar-refractivity contribution is 7.98. The predicted octanol–water partition coefficient (Wildman–Crippen LogP) is 3.25. The van der Waals surface area contributed by atoms with E-state index < -0.39 is 0 Å². The van der Waals surface area contributed by atoms with E-state index in [1.807, 2.05) is 59.2 Å². The van der Waals surface area contributed by atoms with Crippen LogP contribution in [0.1, 0.15) is 11.3 Å². The minimum absolute atomic E-state index is 0.131. The number of H-pyrrole nitrogens is 1. The number of nitrogens with two attached hydrogens (primary N) is 1. The fourth-order valence-corrected chi connectivity index (χ4v) is 4.35. The Labute approximate surface area is 191 Å². The molecule has 5 rings (SSSR count). The van der Waals surface area contributed by atoms with E-state index in [-0.39, 0.29) is 17.3 Å². The van der Waals surface area contributed by atoms with Crippen molar-refractivity contribution in [3.05, 3.63) is 87.3 Å². The second kappa shape index (κ2) is 8.48. The maximum absolute atomic E-state index is 12.3. The molecule has 3 N–H and O–H groups in total. The third-order valence-corrected chi connectivity index (χ3v) is 6.10. The van der Waals surface area contributed by atoms with Crippen molar-refractivity contribution in [2.45, 2.75) is 17.5 Å². The summed E-state index contributed by atoms with van der Waals surface area (Å²) in [6, 6.07) is 19.0. The number of hydrogen-bond donors (Lipinski definition) is 2. The van der Waals surface area contributed by atoms with Gasteiger partial charge in [-0.25, -0.2) is 4.98 Å². The Morgan fingerprint density at radius 3 is 2.62 bits per heavy atom. The van der Waals surface area contributed by atoms with Gasteiger partial charge in [0.05, 0.1) is 17.3 Å². The molecule has 3 heterocycles. The highest BCUT2D eigenvalue weighted by Gasteiger charge is 2.17. The van der Waals surface area contributed by atoms with Crippen molar-refractivity contribution in [3.8, 4) is 11.4 Å². The Morgan fingerprint density at radius 1 is 1.03 bits per heavy atom. The fourth-order valence-electron chi connectivity index (χ4n) is 3.30. The Morgan fingerprint density at radius 2 is 1.81 bits per heavy atom. The smallest absolute Gasteiger partial charge is 0.274 e. The zero-order valence-electron chi connectivity index (χ0n) is 16.6. The van der Waals surface area contributed by atoms with E-state index in [9.17, 15) is 4.79 Å². The summed E-state index contributed by atoms with van der Waals surface area (Å²) in [7, 11) is 0. The molecule has 5 aromatic rings. The van der Waals surface area contributed by atoms with Gasteiger partial charge in [0.15, 0.2) is 11.0 Å². The summed E-state index contributed by atoms with van der Waals surface area (Å²) in [5.41, 5.74) is 7.83. The number of nitrogen functional groups attached to an aromatic ring is 1. The van der Waals surface area contributed by atoms with Crippen molar-refractivity contribution in [2.75, 3.05) is 5.73 Å². The lowest BCUT2D eigenvalue weighted by Crippen LogP contribution is -2.15. The van der Waals surface area contributed by atoms with Crippen LogP contribution in [-0.4, -0.2) is 34.3 Å². The van der Waals surface area contributed by atoms with Crippen LogP contribution in [0.5, 0.6) is 0 Å². The van der Waals surface area contributed by atoms with Gasteiger partial charge in [0, 0.05) is 17.4 Å². The van der Waals surface area contributed by atoms with Crippen LogP contribution in [0.2, 0.25) is 5.02 Å². The molecular formula is C21H17ClN8OS. The number of nitrogens with one attached hydrogen (secondary N) is 1. The minimum atomic E-state index is -0.280. The van der Waals surface area contributed by atoms with Gasteiger partial charge < -0.3 is 5.73 Å². The Bertz CT molecular complexity index is 1460. The average Bonchev–Trinajstić information content (AvgIpc) is 3.36. The third kappa shape index (κ3) is 3.97. The molecular weight excluding hydrogens is 448 g/mol. The first kappa shape index (κ1) is 20.3. The van der Waals surface area contributed by atoms with Crippen LogP contribution in [0.25, 0.3) is 17.2 Å². The molecule has 0 spiro atoms. The number of hydrogen-bond acceptors (Lipinski definition) is 7. The zero-order chi connectivity index (χ0) is 22.1. The number of aromatic amines is 1. The van der Waals surface area contributed by atoms with Gasteiger partial charge in [-0.05, 0) is 17.7 Å². The molecule has 2 aromatic carbocycles. The Hall–Kier alpha value is -3.63. The highest BCUT2D eigenvalue weighted by atomic mass is 35.5. The summed E-state index contributed by atoms with van der Waals surface area (Å²) in [6.45, 7) is 0.571. The first-order valence-electron chi connectivity index (χ1n) is 9.67. The van der Waals surface area contributed by atoms with E-state index in [1.165, 1.54) is 22.3 Å². The van der Waals surface area contributed by atoms with Crippen LogP contribution < -0.4 is 11.3 Å². The van der Waals surface area contributed by atoms with Gasteiger partial charge >= 0.3 is 0 Å². The number of halogens is 1. The van der Waals surface area contributed by atoms with Gasteiger partial charge in [-0.2, -0.15) is 9.50 Å². The lowest BCUT2D eigenvalue weighted by Gasteiger charge is -2.11. The van der Waals surface area contributed by atoms with Crippen molar-refractivity contribution < 1.29 is 0 Å². The van der Waals surface area contributed by atoms with Crippen LogP contribution in [0.4, 0.5) is 5.95 Å². The third-order valence-electron chi connectivity index (χ3n) is 4.77. The summed E-state index contributed by atoms with van der Waals surface area (Å²) in [5, 5.41) is 12.8. The molecule has 160 valence electrons. The second-order valence-electron chi connectivity index (χ2n) is 6.98. The van der Waals surface area contributed by atoms with Gasteiger partial charge in [-0.15, -0.1) is 10.2 Å². The fraction of sp³-hybridized carbons (Fsp3) is 0.0952. The molecule has 0 aliphatic heterocycles. The summed E-state index contributed by atoms with van der Waals surface area (Å²) in [4.78, 5) is 20.7. The van der Waals surface area contributed by atoms with E-state index in [2.05, 4.69) is 25.3 Å². The van der Waals surface area contributed by atoms with Gasteiger partial charge in [0.2, 0.25) is 5.95 Å². The number of nitrogens with zero attached hydrogens (tertiary/aromatic N) is 6. The first-order chi connectivity index (χ1) is 15.6. The number of fused-ring (bicyclic) bond motifs is 1. The molecule has 0 aliphatic carbocycles. The summed E-state index contributed by atoms with van der Waals surface area (Å²) >= 11 is 7.87. The number of aromatic nitrogens is 7. The largest absolute Gasteiger partial charge is 0.368 e. The monoisotopic (exact) mass is 464 g/mol. The lowest BCUT2D eigenvalue weighted by molar-refractivity contribution is 0.714. The van der Waals surface area contributed by atoms with Crippen molar-refractivity contribution >= 4 is 35.1 Å². The van der Waals surface area contributed by atoms with Crippen molar-refractivity contribution in [1.82, 2.24) is 34.3 Å². The lowest BCUT2D eigenvalue weighted by atomic mass is 10.2. The van der Waals surface area contributed by atoms with Gasteiger partial charge in [0.25, 0.3) is 11.3 Å². The van der Waals surface area contributed by atoms with E-state index in [0.717, 1.165) is 11.1 Å². The summed E-state index contributed by atoms with van der Waals surface area (Å²) in [5.74, 6) is 1.44. The molecule has 0 unspecified atom stereocenters. The molecule has 0 bridgehead atoms. The molecule has 0 atom stereocenters. The number of anilines is 1. The van der Waals surface area contributed by atoms with Gasteiger partial charge in [-0.3, -0.25) is 14.5 Å². The van der Waals surface area contributed by atoms with E-state index >= 15 is 0 Å². The van der Waals surface area contributed by atoms with Crippen LogP contribution in [0.3, 0.4) is 0 Å². The molecule has 32 heavy (non-hydrogen) atoms. The highest BCUT2D eigenvalue weighted by Crippen LogP contribution is 2.30. The SMILES string of the molecule is Nc1nc2nc(CSc3nnc(-c4ccccc4Cl)n3Cc3ccccc3)cc(=O)n2[nH]1. The topological polar surface area (TPSA) is 120 Å². The number of rotatable bonds is 6. The van der Waals surface area contributed by atoms with Crippen LogP contribution in [0.15, 0.2) is 70.6 Å². The number of thioether (sulfide) groups is 1. The Balaban J connectivity index is 1.49. The van der Waals surface area contributed by atoms with Gasteiger partial charge in [-0.1, -0.05) is 65.8 Å². The van der Waals surface area contributed by atoms with E-state index in [4.69, 9.17) is 17.3 Å². The standard InChI is InChI=1S/C21H17ClN8OS/c22-16-9-5-4-8-15(16)18-26-27-21(29(18)11-13-6-2-1-3-7-13)32-12-14-10-17(31)30-20(24-14)25-19(23)28-30/h1-10H,11-12H2,(H3,23,24,25,28). The van der Waals surface area contributed by atoms with E-state index in [1.54, 1.807) is 0 Å². The normalized spacial score (nSPS) is 11.3. The molecule has 9 nitrogen and oxygen atoms in total. The molecule has 3 aromatic heterocycles. The van der Waals surface area contributed by atoms with Crippen LogP contribution in [-0.2, 0) is 12.3 Å². The predicted molar refractivity (Wildman–Crippen MR) is 124 cm³/mol.